The summed E-state index contributed by atoms with van der Waals surface area (Å²) in [4.78, 5) is 23.8. The van der Waals surface area contributed by atoms with Gasteiger partial charge < -0.3 is 25.3 Å². The van der Waals surface area contributed by atoms with Gasteiger partial charge in [-0.3, -0.25) is 9.59 Å². The predicted octanol–water partition coefficient (Wildman–Crippen LogP) is 3.26. The topological polar surface area (TPSA) is 99.9 Å². The molecule has 0 aliphatic rings. The van der Waals surface area contributed by atoms with Crippen LogP contribution in [0.4, 0.5) is 0 Å². The molecule has 0 fully saturated rings. The van der Waals surface area contributed by atoms with Crippen molar-refractivity contribution < 1.29 is 23.8 Å². The summed E-state index contributed by atoms with van der Waals surface area (Å²) in [6.45, 7) is 5.96. The summed E-state index contributed by atoms with van der Waals surface area (Å²) >= 11 is 0. The number of ether oxygens (including phenoxy) is 3. The molecule has 0 radical (unpaired) electrons. The van der Waals surface area contributed by atoms with Gasteiger partial charge in [-0.25, -0.2) is 0 Å². The minimum Gasteiger partial charge on any atom is -0.493 e. The number of methoxy groups -OCH3 is 2. The van der Waals surface area contributed by atoms with Gasteiger partial charge in [-0.2, -0.15) is 0 Å². The smallest absolute Gasteiger partial charge is 0.255 e. The number of hydrogen-bond acceptors (Lipinski definition) is 5. The van der Waals surface area contributed by atoms with Crippen LogP contribution >= 0.6 is 0 Å². The van der Waals surface area contributed by atoms with Crippen LogP contribution in [0.2, 0.25) is 0 Å². The molecule has 1 atom stereocenters. The molecule has 2 aromatic carbocycles. The van der Waals surface area contributed by atoms with Crippen molar-refractivity contribution in [2.24, 2.45) is 11.7 Å². The number of carbonyl (C=O) groups is 2. The molecule has 7 nitrogen and oxygen atoms in total. The molecule has 0 bridgehead atoms. The Hall–Kier alpha value is -3.22. The van der Waals surface area contributed by atoms with Crippen molar-refractivity contribution in [3.05, 3.63) is 53.1 Å². The molecule has 0 saturated carbocycles. The van der Waals surface area contributed by atoms with Gasteiger partial charge in [0.25, 0.3) is 11.8 Å². The van der Waals surface area contributed by atoms with Gasteiger partial charge in [0.15, 0.2) is 18.1 Å². The largest absolute Gasteiger partial charge is 0.493 e. The number of nitrogens with one attached hydrogen (secondary N) is 1. The minimum atomic E-state index is -0.630. The van der Waals surface area contributed by atoms with E-state index in [2.05, 4.69) is 31.3 Å². The number of nitrogens with two attached hydrogens (primary N) is 1. The van der Waals surface area contributed by atoms with Crippen LogP contribution in [0.15, 0.2) is 36.4 Å². The van der Waals surface area contributed by atoms with Crippen LogP contribution in [0.1, 0.15) is 48.3 Å². The first-order valence-corrected chi connectivity index (χ1v) is 9.82. The van der Waals surface area contributed by atoms with Gasteiger partial charge in [0, 0.05) is 5.56 Å². The van der Waals surface area contributed by atoms with Crippen LogP contribution in [-0.4, -0.2) is 32.6 Å². The monoisotopic (exact) mass is 414 g/mol. The lowest BCUT2D eigenvalue weighted by atomic mass is 10.00. The summed E-state index contributed by atoms with van der Waals surface area (Å²) < 4.78 is 16.0. The molecule has 162 valence electrons. The van der Waals surface area contributed by atoms with Crippen molar-refractivity contribution in [3.63, 3.8) is 0 Å². The van der Waals surface area contributed by atoms with Crippen molar-refractivity contribution in [3.8, 4) is 17.2 Å². The highest BCUT2D eigenvalue weighted by Crippen LogP contribution is 2.38. The van der Waals surface area contributed by atoms with E-state index < -0.39 is 5.91 Å². The van der Waals surface area contributed by atoms with E-state index in [1.807, 2.05) is 19.1 Å². The normalized spacial score (nSPS) is 11.7. The fourth-order valence-corrected chi connectivity index (χ4v) is 3.07. The van der Waals surface area contributed by atoms with Crippen LogP contribution in [0.5, 0.6) is 17.2 Å². The highest BCUT2D eigenvalue weighted by molar-refractivity contribution is 5.96. The van der Waals surface area contributed by atoms with E-state index >= 15 is 0 Å². The summed E-state index contributed by atoms with van der Waals surface area (Å²) in [5.41, 5.74) is 7.76. The summed E-state index contributed by atoms with van der Waals surface area (Å²) in [5.74, 6) is 0.427. The predicted molar refractivity (Wildman–Crippen MR) is 115 cm³/mol. The van der Waals surface area contributed by atoms with Gasteiger partial charge in [-0.05, 0) is 42.5 Å². The first kappa shape index (κ1) is 23.1. The van der Waals surface area contributed by atoms with Crippen molar-refractivity contribution in [1.29, 1.82) is 0 Å². The Morgan fingerprint density at radius 2 is 1.57 bits per heavy atom. The second-order valence-electron chi connectivity index (χ2n) is 7.50. The number of benzene rings is 2. The van der Waals surface area contributed by atoms with Crippen LogP contribution in [0.3, 0.4) is 0 Å². The van der Waals surface area contributed by atoms with E-state index in [0.717, 1.165) is 12.0 Å². The lowest BCUT2D eigenvalue weighted by Gasteiger charge is -2.18. The summed E-state index contributed by atoms with van der Waals surface area (Å²) in [6.07, 6.45) is 1.02. The molecular weight excluding hydrogens is 384 g/mol. The average Bonchev–Trinajstić information content (AvgIpc) is 2.71. The molecule has 2 rings (SSSR count). The molecule has 30 heavy (non-hydrogen) atoms. The first-order valence-electron chi connectivity index (χ1n) is 9.82. The molecule has 0 saturated heterocycles. The molecule has 0 aromatic heterocycles. The van der Waals surface area contributed by atoms with Gasteiger partial charge in [0.2, 0.25) is 5.75 Å². The summed E-state index contributed by atoms with van der Waals surface area (Å²) in [5, 5.41) is 2.98. The zero-order valence-electron chi connectivity index (χ0n) is 18.2. The molecule has 0 heterocycles. The Balaban J connectivity index is 2.18. The van der Waals surface area contributed by atoms with Gasteiger partial charge in [0.1, 0.15) is 0 Å². The third kappa shape index (κ3) is 6.14. The standard InChI is InChI=1S/C23H30N2O5/c1-14(2)10-16-6-8-17(9-7-16)15(3)25-23(27)18-11-19(28-4)22(20(12-18)29-5)30-13-21(24)26/h6-9,11-12,14-15H,10,13H2,1-5H3,(H2,24,26)(H,25,27)/t15-/m0/s1. The molecule has 0 spiro atoms. The van der Waals surface area contributed by atoms with Crippen molar-refractivity contribution in [2.75, 3.05) is 20.8 Å². The van der Waals surface area contributed by atoms with E-state index in [1.165, 1.54) is 31.9 Å². The van der Waals surface area contributed by atoms with Crippen LogP contribution in [0, 0.1) is 5.92 Å². The van der Waals surface area contributed by atoms with Gasteiger partial charge in [-0.15, -0.1) is 0 Å². The Kier molecular flexibility index (Phi) is 8.09. The van der Waals surface area contributed by atoms with Gasteiger partial charge >= 0.3 is 0 Å². The Labute approximate surface area is 177 Å². The van der Waals surface area contributed by atoms with E-state index in [0.29, 0.717) is 11.5 Å². The second-order valence-corrected chi connectivity index (χ2v) is 7.50. The van der Waals surface area contributed by atoms with Crippen molar-refractivity contribution in [1.82, 2.24) is 5.32 Å². The molecule has 0 aliphatic heterocycles. The maximum atomic E-state index is 12.8. The molecule has 0 aliphatic carbocycles. The van der Waals surface area contributed by atoms with Crippen molar-refractivity contribution >= 4 is 11.8 Å². The van der Waals surface area contributed by atoms with Gasteiger partial charge in [0.05, 0.1) is 20.3 Å². The summed E-state index contributed by atoms with van der Waals surface area (Å²) in [7, 11) is 2.88. The van der Waals surface area contributed by atoms with Crippen LogP contribution < -0.4 is 25.3 Å². The Morgan fingerprint density at radius 1 is 1.00 bits per heavy atom. The molecule has 0 unspecified atom stereocenters. The van der Waals surface area contributed by atoms with E-state index in [4.69, 9.17) is 19.9 Å². The van der Waals surface area contributed by atoms with E-state index in [9.17, 15) is 9.59 Å². The fourth-order valence-electron chi connectivity index (χ4n) is 3.07. The Morgan fingerprint density at radius 3 is 2.03 bits per heavy atom. The Bertz CT molecular complexity index is 853. The third-order valence-electron chi connectivity index (χ3n) is 4.55. The van der Waals surface area contributed by atoms with Gasteiger partial charge in [-0.1, -0.05) is 38.1 Å². The molecule has 2 amide bonds. The van der Waals surface area contributed by atoms with E-state index in [1.54, 1.807) is 0 Å². The number of carbonyl (C=O) groups excluding carboxylic acids is 2. The lowest BCUT2D eigenvalue weighted by molar-refractivity contribution is -0.120. The molecule has 3 N–H and O–H groups in total. The minimum absolute atomic E-state index is 0.187. The molecule has 2 aromatic rings. The summed E-state index contributed by atoms with van der Waals surface area (Å²) in [6, 6.07) is 11.1. The number of amides is 2. The van der Waals surface area contributed by atoms with Crippen LogP contribution in [-0.2, 0) is 11.2 Å². The second kappa shape index (κ2) is 10.5. The third-order valence-corrected chi connectivity index (χ3v) is 4.55. The first-order chi connectivity index (χ1) is 14.2. The van der Waals surface area contributed by atoms with E-state index in [-0.39, 0.29) is 35.8 Å². The van der Waals surface area contributed by atoms with Crippen molar-refractivity contribution in [2.45, 2.75) is 33.2 Å². The number of primary amides is 1. The SMILES string of the molecule is COc1cc(C(=O)N[C@@H](C)c2ccc(CC(C)C)cc2)cc(OC)c1OCC(N)=O. The zero-order valence-corrected chi connectivity index (χ0v) is 18.2. The highest BCUT2D eigenvalue weighted by Gasteiger charge is 2.19. The van der Waals surface area contributed by atoms with Crippen LogP contribution in [0.25, 0.3) is 0 Å². The molecule has 7 heteroatoms. The zero-order chi connectivity index (χ0) is 22.3. The lowest BCUT2D eigenvalue weighted by Crippen LogP contribution is -2.27. The maximum Gasteiger partial charge on any atom is 0.255 e. The maximum absolute atomic E-state index is 12.8. The number of hydrogen-bond donors (Lipinski definition) is 2. The molecular formula is C23H30N2O5. The average molecular weight is 415 g/mol. The quantitative estimate of drug-likeness (QED) is 0.622. The highest BCUT2D eigenvalue weighted by atomic mass is 16.5. The number of rotatable bonds is 10. The fraction of sp³-hybridized carbons (Fsp3) is 0.391.